The number of alkyl halides is 6. The van der Waals surface area contributed by atoms with Crippen molar-refractivity contribution in [1.29, 1.82) is 0 Å². The summed E-state index contributed by atoms with van der Waals surface area (Å²) in [5.74, 6) is -1.47. The van der Waals surface area contributed by atoms with E-state index >= 15 is 0 Å². The van der Waals surface area contributed by atoms with Crippen LogP contribution in [0, 0.1) is 17.7 Å². The molecule has 208 valence electrons. The predicted molar refractivity (Wildman–Crippen MR) is 121 cm³/mol. The van der Waals surface area contributed by atoms with Crippen LogP contribution in [-0.2, 0) is 25.0 Å². The molecule has 1 saturated carbocycles. The maximum atomic E-state index is 13.7. The van der Waals surface area contributed by atoms with E-state index in [9.17, 15) is 49.1 Å². The predicted octanol–water partition coefficient (Wildman–Crippen LogP) is 5.09. The highest BCUT2D eigenvalue weighted by molar-refractivity contribution is 7.92. The molecule has 2 fully saturated rings. The Balaban J connectivity index is 1.75. The molecule has 5 nitrogen and oxygen atoms in total. The van der Waals surface area contributed by atoms with Crippen molar-refractivity contribution in [3.8, 4) is 0 Å². The van der Waals surface area contributed by atoms with Crippen LogP contribution in [0.3, 0.4) is 0 Å². The summed E-state index contributed by atoms with van der Waals surface area (Å²) in [6.45, 7) is 2.95. The van der Waals surface area contributed by atoms with Crippen LogP contribution in [0.2, 0.25) is 0 Å². The van der Waals surface area contributed by atoms with E-state index in [2.05, 4.69) is 0 Å². The quantitative estimate of drug-likeness (QED) is 0.404. The minimum atomic E-state index is -6.11. The molecule has 2 aliphatic rings. The number of sulfone groups is 1. The van der Waals surface area contributed by atoms with Crippen LogP contribution < -0.4 is 0 Å². The number of amides is 1. The molecule has 1 aliphatic heterocycles. The van der Waals surface area contributed by atoms with Gasteiger partial charge >= 0.3 is 12.4 Å². The topological polar surface area (TPSA) is 74.7 Å². The number of halogens is 7. The molecule has 38 heavy (non-hydrogen) atoms. The van der Waals surface area contributed by atoms with Crippen molar-refractivity contribution in [1.82, 2.24) is 4.90 Å². The van der Waals surface area contributed by atoms with E-state index in [1.165, 1.54) is 0 Å². The Bertz CT molecular complexity index is 1290. The van der Waals surface area contributed by atoms with Gasteiger partial charge < -0.3 is 10.0 Å². The van der Waals surface area contributed by atoms with Gasteiger partial charge in [0.15, 0.2) is 9.84 Å². The number of hydrogen-bond acceptors (Lipinski definition) is 4. The van der Waals surface area contributed by atoms with Crippen molar-refractivity contribution < 1.29 is 49.1 Å². The average molecular weight is 568 g/mol. The number of likely N-dealkylation sites (tertiary alicyclic amines) is 1. The Morgan fingerprint density at radius 2 is 1.47 bits per heavy atom. The fourth-order valence-electron chi connectivity index (χ4n) is 5.26. The minimum Gasteiger partial charge on any atom is -0.369 e. The van der Waals surface area contributed by atoms with E-state index in [1.807, 2.05) is 6.92 Å². The van der Waals surface area contributed by atoms with Crippen molar-refractivity contribution in [2.24, 2.45) is 11.8 Å². The van der Waals surface area contributed by atoms with Crippen LogP contribution in [0.25, 0.3) is 0 Å². The van der Waals surface area contributed by atoms with E-state index in [4.69, 9.17) is 0 Å². The summed E-state index contributed by atoms with van der Waals surface area (Å²) >= 11 is 0. The fraction of sp³-hybridized carbons (Fsp3) is 0.480. The van der Waals surface area contributed by atoms with Gasteiger partial charge in [-0.25, -0.2) is 12.8 Å². The molecule has 1 heterocycles. The van der Waals surface area contributed by atoms with Gasteiger partial charge in [0, 0.05) is 24.6 Å². The zero-order valence-electron chi connectivity index (χ0n) is 20.0. The zero-order chi connectivity index (χ0) is 28.3. The highest BCUT2D eigenvalue weighted by Gasteiger charge is 2.71. The Morgan fingerprint density at radius 1 is 0.947 bits per heavy atom. The fourth-order valence-corrected chi connectivity index (χ4v) is 7.49. The van der Waals surface area contributed by atoms with Gasteiger partial charge in [-0.3, -0.25) is 4.79 Å². The van der Waals surface area contributed by atoms with E-state index < -0.39 is 49.8 Å². The van der Waals surface area contributed by atoms with Gasteiger partial charge in [0.2, 0.25) is 5.91 Å². The van der Waals surface area contributed by atoms with Gasteiger partial charge in [0.05, 0.1) is 4.90 Å². The molecule has 1 amide bonds. The second-order valence-corrected chi connectivity index (χ2v) is 12.3. The average Bonchev–Trinajstić information content (AvgIpc) is 3.23. The van der Waals surface area contributed by atoms with E-state index in [0.717, 1.165) is 42.8 Å². The number of aliphatic hydroxyl groups is 1. The van der Waals surface area contributed by atoms with Crippen molar-refractivity contribution in [2.45, 2.75) is 53.8 Å². The molecular weight excluding hydrogens is 543 g/mol. The number of nitrogens with zero attached hydrogens (tertiary/aromatic N) is 1. The van der Waals surface area contributed by atoms with Crippen LogP contribution in [-0.4, -0.2) is 49.8 Å². The molecule has 0 radical (unpaired) electrons. The monoisotopic (exact) mass is 567 g/mol. The molecule has 1 atom stereocenters. The first kappa shape index (κ1) is 28.3. The first-order chi connectivity index (χ1) is 17.4. The van der Waals surface area contributed by atoms with Crippen LogP contribution in [0.15, 0.2) is 53.4 Å². The zero-order valence-corrected chi connectivity index (χ0v) is 20.8. The molecule has 1 N–H and O–H groups in total. The number of benzene rings is 2. The third-order valence-corrected chi connectivity index (χ3v) is 10.0. The molecule has 0 aromatic heterocycles. The first-order valence-corrected chi connectivity index (χ1v) is 13.2. The normalized spacial score (nSPS) is 24.8. The SMILES string of the molecule is CC1CCN(C(=O)[C@H]2C[C@](c3ccc(C(O)(C(F)(F)F)C(F)(F)F)cc3)(S(=O)(=O)c3ccc(F)cc3)C2)C1. The van der Waals surface area contributed by atoms with Crippen LogP contribution >= 0.6 is 0 Å². The van der Waals surface area contributed by atoms with Crippen molar-refractivity contribution in [3.63, 3.8) is 0 Å². The van der Waals surface area contributed by atoms with Crippen LogP contribution in [0.5, 0.6) is 0 Å². The third-order valence-electron chi connectivity index (χ3n) is 7.52. The highest BCUT2D eigenvalue weighted by atomic mass is 32.2. The molecule has 1 aliphatic carbocycles. The lowest BCUT2D eigenvalue weighted by atomic mass is 9.69. The maximum Gasteiger partial charge on any atom is 0.430 e. The number of carbonyl (C=O) groups is 1. The standard InChI is InChI=1S/C25H24F7NO4S/c1-15-10-11-33(14-15)21(34)16-12-22(13-16,38(36,37)20-8-6-19(26)7-9-20)17-2-4-18(5-3-17)23(35,24(27,28)29)25(30,31)32/h2-9,15-16,35H,10-14H2,1H3/t15?,16-,22-. The second-order valence-electron chi connectivity index (χ2n) is 10.0. The lowest BCUT2D eigenvalue weighted by Gasteiger charge is -2.47. The lowest BCUT2D eigenvalue weighted by Crippen LogP contribution is -2.54. The molecule has 0 spiro atoms. The second kappa shape index (κ2) is 9.22. The summed E-state index contributed by atoms with van der Waals surface area (Å²) in [6, 6.07) is 6.17. The molecule has 2 aromatic rings. The maximum absolute atomic E-state index is 13.7. The van der Waals surface area contributed by atoms with Gasteiger partial charge in [0.1, 0.15) is 10.6 Å². The Hall–Kier alpha value is -2.67. The molecule has 1 unspecified atom stereocenters. The summed E-state index contributed by atoms with van der Waals surface area (Å²) < 4.78 is 119. The molecule has 4 rings (SSSR count). The largest absolute Gasteiger partial charge is 0.430 e. The first-order valence-electron chi connectivity index (χ1n) is 11.7. The van der Waals surface area contributed by atoms with Gasteiger partial charge in [-0.2, -0.15) is 26.3 Å². The van der Waals surface area contributed by atoms with Gasteiger partial charge in [-0.15, -0.1) is 0 Å². The van der Waals surface area contributed by atoms with Gasteiger partial charge in [-0.05, 0) is 55.0 Å². The summed E-state index contributed by atoms with van der Waals surface area (Å²) in [7, 11) is -4.38. The number of rotatable bonds is 5. The smallest absolute Gasteiger partial charge is 0.369 e. The summed E-state index contributed by atoms with van der Waals surface area (Å²) in [4.78, 5) is 14.3. The molecule has 13 heteroatoms. The summed E-state index contributed by atoms with van der Waals surface area (Å²) in [5.41, 5.74) is -6.85. The Kier molecular flexibility index (Phi) is 6.87. The van der Waals surface area contributed by atoms with Crippen molar-refractivity contribution in [3.05, 3.63) is 65.5 Å². The minimum absolute atomic E-state index is 0.142. The van der Waals surface area contributed by atoms with E-state index in [1.54, 1.807) is 4.90 Å². The number of hydrogen-bond donors (Lipinski definition) is 1. The molecule has 2 aromatic carbocycles. The third kappa shape index (κ3) is 4.37. The molecular formula is C25H24F7NO4S. The molecule has 0 bridgehead atoms. The van der Waals surface area contributed by atoms with Crippen LogP contribution in [0.1, 0.15) is 37.3 Å². The summed E-state index contributed by atoms with van der Waals surface area (Å²) in [5, 5.41) is 9.69. The summed E-state index contributed by atoms with van der Waals surface area (Å²) in [6.07, 6.45) is -12.0. The number of carbonyl (C=O) groups excluding carboxylic acids is 1. The van der Waals surface area contributed by atoms with Crippen LogP contribution in [0.4, 0.5) is 30.7 Å². The van der Waals surface area contributed by atoms with Gasteiger partial charge in [-0.1, -0.05) is 31.2 Å². The van der Waals surface area contributed by atoms with E-state index in [0.29, 0.717) is 25.2 Å². The molecule has 1 saturated heterocycles. The lowest BCUT2D eigenvalue weighted by molar-refractivity contribution is -0.376. The van der Waals surface area contributed by atoms with Crippen molar-refractivity contribution >= 4 is 15.7 Å². The Labute approximate surface area is 214 Å². The van der Waals surface area contributed by atoms with Crippen molar-refractivity contribution in [2.75, 3.05) is 13.1 Å². The van der Waals surface area contributed by atoms with Gasteiger partial charge in [0.25, 0.3) is 5.60 Å². The highest BCUT2D eigenvalue weighted by Crippen LogP contribution is 2.56. The Morgan fingerprint density at radius 3 is 1.92 bits per heavy atom. The van der Waals surface area contributed by atoms with E-state index in [-0.39, 0.29) is 35.1 Å².